The van der Waals surface area contributed by atoms with E-state index in [1.807, 2.05) is 0 Å². The Labute approximate surface area is 525 Å². The van der Waals surface area contributed by atoms with Crippen LogP contribution >= 0.6 is 0 Å². The lowest BCUT2D eigenvalue weighted by Gasteiger charge is -2.37. The molecule has 0 heteroatoms. The molecule has 0 aromatic rings. The second-order valence-electron chi connectivity index (χ2n) is 39.7. The Hall–Kier alpha value is 0. The Kier molecular flexibility index (Phi) is 47.0. The maximum absolute atomic E-state index is 2.44. The van der Waals surface area contributed by atoms with E-state index in [0.717, 1.165) is 58.7 Å². The second-order valence-corrected chi connectivity index (χ2v) is 39.7. The van der Waals surface area contributed by atoms with Crippen LogP contribution in [0.2, 0.25) is 0 Å². The predicted molar refractivity (Wildman–Crippen MR) is 389 cm³/mol. The van der Waals surface area contributed by atoms with Crippen LogP contribution in [0.1, 0.15) is 404 Å². The lowest BCUT2D eigenvalue weighted by molar-refractivity contribution is 0.126. The molecule has 502 valence electrons. The van der Waals surface area contributed by atoms with Crippen molar-refractivity contribution in [3.05, 3.63) is 0 Å². The van der Waals surface area contributed by atoms with Crippen molar-refractivity contribution in [1.82, 2.24) is 0 Å². The van der Waals surface area contributed by atoms with Crippen LogP contribution in [0.5, 0.6) is 0 Å². The molecule has 1 unspecified atom stereocenters. The van der Waals surface area contributed by atoms with Gasteiger partial charge in [-0.3, -0.25) is 0 Å². The summed E-state index contributed by atoms with van der Waals surface area (Å²) in [5, 5.41) is 0. The third-order valence-corrected chi connectivity index (χ3v) is 24.0. The molecule has 0 N–H and O–H groups in total. The Balaban J connectivity index is -0.000000122. The van der Waals surface area contributed by atoms with Crippen LogP contribution in [0.3, 0.4) is 0 Å². The molecule has 0 radical (unpaired) electrons. The average molecular weight is 1150 g/mol. The van der Waals surface area contributed by atoms with Crippen molar-refractivity contribution in [3.63, 3.8) is 0 Å². The van der Waals surface area contributed by atoms with Gasteiger partial charge in [0.2, 0.25) is 0 Å². The number of hydrogen-bond donors (Lipinski definition) is 0. The lowest BCUT2D eigenvalue weighted by Crippen LogP contribution is -2.28. The first-order valence-corrected chi connectivity index (χ1v) is 34.8. The summed E-state index contributed by atoms with van der Waals surface area (Å²) in [6, 6.07) is 0. The summed E-state index contributed by atoms with van der Waals surface area (Å²) in [4.78, 5) is 0. The second kappa shape index (κ2) is 39.1. The summed E-state index contributed by atoms with van der Waals surface area (Å²) in [7, 11) is 0. The van der Waals surface area contributed by atoms with Crippen molar-refractivity contribution < 1.29 is 0 Å². The van der Waals surface area contributed by atoms with Gasteiger partial charge in [-0.05, 0) is 149 Å². The zero-order valence-electron chi connectivity index (χ0n) is 68.4. The Bertz CT molecular complexity index is 1290. The van der Waals surface area contributed by atoms with E-state index in [2.05, 4.69) is 353 Å². The molecular weight excluding hydrogens is 973 g/mol. The van der Waals surface area contributed by atoms with E-state index in [9.17, 15) is 0 Å². The van der Waals surface area contributed by atoms with Crippen molar-refractivity contribution in [2.24, 2.45) is 124 Å². The molecule has 0 aromatic heterocycles. The summed E-state index contributed by atoms with van der Waals surface area (Å²) in [6.07, 6.45) is 11.3. The van der Waals surface area contributed by atoms with Gasteiger partial charge in [0.25, 0.3) is 0 Å². The summed E-state index contributed by atoms with van der Waals surface area (Å²) in [6.45, 7) is 117. The van der Waals surface area contributed by atoms with E-state index in [0.29, 0.717) is 65.0 Å². The van der Waals surface area contributed by atoms with Gasteiger partial charge in [0, 0.05) is 0 Å². The largest absolute Gasteiger partial charge is 0.0651 e. The van der Waals surface area contributed by atoms with E-state index in [-0.39, 0.29) is 0 Å². The minimum absolute atomic E-state index is 0.437. The molecule has 0 aromatic carbocycles. The number of hydrogen-bond acceptors (Lipinski definition) is 0. The molecule has 81 heavy (non-hydrogen) atoms. The van der Waals surface area contributed by atoms with Crippen LogP contribution in [0.25, 0.3) is 0 Å². The van der Waals surface area contributed by atoms with Crippen LogP contribution < -0.4 is 0 Å². The zero-order chi connectivity index (χ0) is 68.4. The summed E-state index contributed by atoms with van der Waals surface area (Å²) >= 11 is 0. The first-order chi connectivity index (χ1) is 34.8. The third kappa shape index (κ3) is 50.7. The number of rotatable bonds is 10. The van der Waals surface area contributed by atoms with E-state index in [1.54, 1.807) is 0 Å². The minimum atomic E-state index is 0.437. The predicted octanol–water partition coefficient (Wildman–Crippen LogP) is 30.4. The first kappa shape index (κ1) is 97.3. The highest BCUT2D eigenvalue weighted by Crippen LogP contribution is 2.60. The van der Waals surface area contributed by atoms with Gasteiger partial charge >= 0.3 is 0 Å². The molecule has 0 bridgehead atoms. The van der Waals surface area contributed by atoms with Crippen LogP contribution in [-0.4, -0.2) is 0 Å². The summed E-state index contributed by atoms with van der Waals surface area (Å²) < 4.78 is 0. The molecule has 0 saturated heterocycles. The Morgan fingerprint density at radius 2 is 0.543 bits per heavy atom. The SMILES string of the molecule is CC(C)(C)C(C)(C)C.CC(C)(C)C(C)(C)C.CC(C)(C)C(C)(C)C.CC(C)C(C)(C)C(C)C.CC(C)C(C)C(C)C.CC1(C2CC2)CC1.CCC(C)(C)C(C)(C)C.CCC(C)(C)C(C)C.CCC(C)C(C)(C)C.CC[C@@H](C)C(C)(C)C. The lowest BCUT2D eigenvalue weighted by atomic mass is 9.68. The molecule has 0 spiro atoms. The fraction of sp³-hybridized carbons (Fsp3) is 1.00. The standard InChI is InChI=1S/2C9H20.7C8H18.C7H12/c1-7-9(5,6)8(2,3)4;1-7(2)9(5,6)8(3)4;3*1-7(2,3)8(4,5)6;2*1-6-7(2)8(3,4)5;1-6-8(4,5)7(2)3;1-6(2)8(5)7(3)4;1-7(4-5-7)6-2-3-6/h7H2,1-6H3;7-8H,1-6H3;3*1-6H3;3*7H,6H2,1-5H3;6-8H,1-5H3;6H,2-5H2,1H3/t;;;;;7-;;;;/m.....1..../s1. The Morgan fingerprint density at radius 1 is 0.321 bits per heavy atom. The summed E-state index contributed by atoms with van der Waals surface area (Å²) in [5.74, 6) is 7.81. The monoisotopic (exact) mass is 1150 g/mol. The van der Waals surface area contributed by atoms with Gasteiger partial charge in [0.15, 0.2) is 0 Å². The molecule has 0 nitrogen and oxygen atoms in total. The van der Waals surface area contributed by atoms with E-state index < -0.39 is 0 Å². The van der Waals surface area contributed by atoms with Gasteiger partial charge in [-0.1, -0.05) is 379 Å². The van der Waals surface area contributed by atoms with E-state index in [1.165, 1.54) is 51.4 Å². The fourth-order valence-corrected chi connectivity index (χ4v) is 4.99. The molecule has 0 amide bonds. The molecule has 2 rings (SSSR count). The van der Waals surface area contributed by atoms with Crippen molar-refractivity contribution in [2.75, 3.05) is 0 Å². The molecule has 0 heterocycles. The molecule has 0 aliphatic heterocycles. The quantitative estimate of drug-likeness (QED) is 0.205. The van der Waals surface area contributed by atoms with Crippen LogP contribution in [0, 0.1) is 124 Å². The highest BCUT2D eigenvalue weighted by Gasteiger charge is 2.49. The molecule has 2 aliphatic rings. The maximum Gasteiger partial charge on any atom is -0.0297 e. The molecular formula is C81H178. The molecule has 2 aliphatic carbocycles. The first-order valence-electron chi connectivity index (χ1n) is 34.8. The Morgan fingerprint density at radius 3 is 0.556 bits per heavy atom. The van der Waals surface area contributed by atoms with Crippen molar-refractivity contribution >= 4 is 0 Å². The van der Waals surface area contributed by atoms with Crippen LogP contribution in [0.4, 0.5) is 0 Å². The highest BCUT2D eigenvalue weighted by molar-refractivity contribution is 5.00. The smallest absolute Gasteiger partial charge is 0.0297 e. The van der Waals surface area contributed by atoms with Crippen molar-refractivity contribution in [1.29, 1.82) is 0 Å². The topological polar surface area (TPSA) is 0 Å². The maximum atomic E-state index is 2.44. The third-order valence-electron chi connectivity index (χ3n) is 24.0. The molecule has 2 atom stereocenters. The molecule has 2 saturated carbocycles. The van der Waals surface area contributed by atoms with E-state index >= 15 is 0 Å². The van der Waals surface area contributed by atoms with Crippen molar-refractivity contribution in [3.8, 4) is 0 Å². The molecule has 2 fully saturated rings. The van der Waals surface area contributed by atoms with Crippen LogP contribution in [0.15, 0.2) is 0 Å². The van der Waals surface area contributed by atoms with Gasteiger partial charge in [0.1, 0.15) is 0 Å². The van der Waals surface area contributed by atoms with Gasteiger partial charge in [-0.25, -0.2) is 0 Å². The fourth-order valence-electron chi connectivity index (χ4n) is 4.99. The van der Waals surface area contributed by atoms with E-state index in [4.69, 9.17) is 0 Å². The van der Waals surface area contributed by atoms with Gasteiger partial charge < -0.3 is 0 Å². The average Bonchev–Trinajstić information content (AvgIpc) is 4.19. The summed E-state index contributed by atoms with van der Waals surface area (Å²) in [5.41, 5.74) is 6.47. The normalized spacial score (nSPS) is 16.0. The van der Waals surface area contributed by atoms with Crippen molar-refractivity contribution in [2.45, 2.75) is 404 Å². The van der Waals surface area contributed by atoms with Crippen LogP contribution in [-0.2, 0) is 0 Å². The van der Waals surface area contributed by atoms with Gasteiger partial charge in [-0.2, -0.15) is 0 Å². The van der Waals surface area contributed by atoms with Gasteiger partial charge in [-0.15, -0.1) is 0 Å². The zero-order valence-corrected chi connectivity index (χ0v) is 68.4. The highest BCUT2D eigenvalue weighted by atomic mass is 14.5. The minimum Gasteiger partial charge on any atom is -0.0651 e. The van der Waals surface area contributed by atoms with Gasteiger partial charge in [0.05, 0.1) is 0 Å².